The number of fused-ring (bicyclic) bond motifs is 1. The molecule has 0 aromatic heterocycles. The molecule has 1 N–H and O–H groups in total. The summed E-state index contributed by atoms with van der Waals surface area (Å²) in [5.41, 5.74) is 1.32. The van der Waals surface area contributed by atoms with Crippen molar-refractivity contribution in [2.45, 2.75) is 19.9 Å². The molecule has 0 spiro atoms. The topological polar surface area (TPSA) is 21.3 Å². The van der Waals surface area contributed by atoms with E-state index in [1.54, 1.807) is 7.11 Å². The Labute approximate surface area is 115 Å². The van der Waals surface area contributed by atoms with Crippen molar-refractivity contribution in [2.24, 2.45) is 0 Å². The Hall–Kier alpha value is -1.80. The van der Waals surface area contributed by atoms with Crippen LogP contribution in [0.25, 0.3) is 10.8 Å². The molecule has 0 saturated heterocycles. The van der Waals surface area contributed by atoms with E-state index in [0.717, 1.165) is 25.3 Å². The second kappa shape index (κ2) is 6.95. The van der Waals surface area contributed by atoms with Gasteiger partial charge in [0.15, 0.2) is 0 Å². The molecule has 0 saturated carbocycles. The first-order valence-corrected chi connectivity index (χ1v) is 6.72. The molecule has 0 aliphatic rings. The maximum absolute atomic E-state index is 5.24. The fourth-order valence-electron chi connectivity index (χ4n) is 2.10. The summed E-state index contributed by atoms with van der Waals surface area (Å²) < 4.78 is 5.24. The van der Waals surface area contributed by atoms with Gasteiger partial charge in [0, 0.05) is 6.54 Å². The smallest absolute Gasteiger partial charge is 0.119 e. The molecule has 19 heavy (non-hydrogen) atoms. The van der Waals surface area contributed by atoms with Crippen LogP contribution in [0.2, 0.25) is 0 Å². The summed E-state index contributed by atoms with van der Waals surface area (Å²) in [6.45, 7) is 3.99. The summed E-state index contributed by atoms with van der Waals surface area (Å²) in [7, 11) is 1.70. The van der Waals surface area contributed by atoms with E-state index in [9.17, 15) is 0 Å². The van der Waals surface area contributed by atoms with Crippen molar-refractivity contribution in [3.8, 4) is 5.75 Å². The third-order valence-corrected chi connectivity index (χ3v) is 3.16. The summed E-state index contributed by atoms with van der Waals surface area (Å²) >= 11 is 0. The molecule has 0 unspecified atom stereocenters. The molecule has 2 aromatic rings. The van der Waals surface area contributed by atoms with E-state index in [-0.39, 0.29) is 0 Å². The predicted octanol–water partition coefficient (Wildman–Crippen LogP) is 3.90. The normalized spacial score (nSPS) is 11.3. The minimum Gasteiger partial charge on any atom is -0.497 e. The molecule has 2 heteroatoms. The van der Waals surface area contributed by atoms with E-state index >= 15 is 0 Å². The van der Waals surface area contributed by atoms with Gasteiger partial charge in [0.1, 0.15) is 5.75 Å². The van der Waals surface area contributed by atoms with Crippen LogP contribution in [0.4, 0.5) is 0 Å². The van der Waals surface area contributed by atoms with E-state index in [0.29, 0.717) is 0 Å². The maximum atomic E-state index is 5.24. The van der Waals surface area contributed by atoms with Crippen molar-refractivity contribution in [3.63, 3.8) is 0 Å². The zero-order chi connectivity index (χ0) is 13.5. The standard InChI is InChI=1S/C17H21NO/c1-3-4-5-10-18-13-14-6-7-16-12-17(19-2)9-8-15(16)11-14/h3-4,6-9,11-12,18H,5,10,13H2,1-2H3/b4-3+. The van der Waals surface area contributed by atoms with Gasteiger partial charge in [-0.2, -0.15) is 0 Å². The average molecular weight is 255 g/mol. The third-order valence-electron chi connectivity index (χ3n) is 3.16. The Morgan fingerprint density at radius 1 is 1.11 bits per heavy atom. The average Bonchev–Trinajstić information content (AvgIpc) is 2.46. The molecule has 0 fully saturated rings. The number of nitrogens with one attached hydrogen (secondary N) is 1. The first-order chi connectivity index (χ1) is 9.33. The molecule has 0 radical (unpaired) electrons. The fourth-order valence-corrected chi connectivity index (χ4v) is 2.10. The predicted molar refractivity (Wildman–Crippen MR) is 81.6 cm³/mol. The SMILES string of the molecule is C/C=C/CCNCc1ccc2cc(OC)ccc2c1. The van der Waals surface area contributed by atoms with Gasteiger partial charge < -0.3 is 10.1 Å². The minimum atomic E-state index is 0.907. The van der Waals surface area contributed by atoms with E-state index in [2.05, 4.69) is 54.7 Å². The van der Waals surface area contributed by atoms with E-state index in [4.69, 9.17) is 4.74 Å². The largest absolute Gasteiger partial charge is 0.497 e. The van der Waals surface area contributed by atoms with Gasteiger partial charge in [-0.15, -0.1) is 0 Å². The molecule has 0 amide bonds. The van der Waals surface area contributed by atoms with Gasteiger partial charge in [-0.25, -0.2) is 0 Å². The molecular weight excluding hydrogens is 234 g/mol. The first kappa shape index (κ1) is 13.6. The van der Waals surface area contributed by atoms with Gasteiger partial charge in [0.05, 0.1) is 7.11 Å². The Balaban J connectivity index is 2.01. The highest BCUT2D eigenvalue weighted by Crippen LogP contribution is 2.21. The highest BCUT2D eigenvalue weighted by atomic mass is 16.5. The Bertz CT molecular complexity index is 560. The Morgan fingerprint density at radius 2 is 1.89 bits per heavy atom. The van der Waals surface area contributed by atoms with Gasteiger partial charge in [0.2, 0.25) is 0 Å². The molecule has 0 heterocycles. The third kappa shape index (κ3) is 3.83. The molecule has 0 aliphatic carbocycles. The van der Waals surface area contributed by atoms with Gasteiger partial charge in [-0.05, 0) is 54.4 Å². The second-order valence-corrected chi connectivity index (χ2v) is 4.58. The molecule has 0 bridgehead atoms. The molecule has 2 nitrogen and oxygen atoms in total. The number of benzene rings is 2. The van der Waals surface area contributed by atoms with Crippen LogP contribution in [0.1, 0.15) is 18.9 Å². The number of hydrogen-bond donors (Lipinski definition) is 1. The minimum absolute atomic E-state index is 0.907. The lowest BCUT2D eigenvalue weighted by Gasteiger charge is -2.06. The zero-order valence-corrected chi connectivity index (χ0v) is 11.6. The summed E-state index contributed by atoms with van der Waals surface area (Å²) in [5.74, 6) is 0.907. The van der Waals surface area contributed by atoms with Crippen LogP contribution >= 0.6 is 0 Å². The lowest BCUT2D eigenvalue weighted by molar-refractivity contribution is 0.415. The highest BCUT2D eigenvalue weighted by Gasteiger charge is 1.98. The summed E-state index contributed by atoms with van der Waals surface area (Å²) in [6.07, 6.45) is 5.35. The maximum Gasteiger partial charge on any atom is 0.119 e. The molecule has 100 valence electrons. The molecule has 2 aromatic carbocycles. The van der Waals surface area contributed by atoms with Crippen molar-refractivity contribution in [2.75, 3.05) is 13.7 Å². The van der Waals surface area contributed by atoms with Crippen molar-refractivity contribution in [1.82, 2.24) is 5.32 Å². The van der Waals surface area contributed by atoms with Crippen LogP contribution in [-0.2, 0) is 6.54 Å². The van der Waals surface area contributed by atoms with Crippen LogP contribution in [0, 0.1) is 0 Å². The van der Waals surface area contributed by atoms with Crippen LogP contribution in [-0.4, -0.2) is 13.7 Å². The van der Waals surface area contributed by atoms with Crippen LogP contribution in [0.3, 0.4) is 0 Å². The van der Waals surface area contributed by atoms with Crippen LogP contribution in [0.15, 0.2) is 48.6 Å². The van der Waals surface area contributed by atoms with Crippen LogP contribution in [0.5, 0.6) is 5.75 Å². The Morgan fingerprint density at radius 3 is 2.68 bits per heavy atom. The van der Waals surface area contributed by atoms with E-state index < -0.39 is 0 Å². The van der Waals surface area contributed by atoms with Gasteiger partial charge in [-0.1, -0.05) is 30.4 Å². The summed E-state index contributed by atoms with van der Waals surface area (Å²) in [5, 5.41) is 5.93. The van der Waals surface area contributed by atoms with Gasteiger partial charge in [-0.3, -0.25) is 0 Å². The second-order valence-electron chi connectivity index (χ2n) is 4.58. The lowest BCUT2D eigenvalue weighted by atomic mass is 10.1. The van der Waals surface area contributed by atoms with Crippen molar-refractivity contribution < 1.29 is 4.74 Å². The molecular formula is C17H21NO. The summed E-state index contributed by atoms with van der Waals surface area (Å²) in [4.78, 5) is 0. The molecule has 0 aliphatic heterocycles. The molecule has 2 rings (SSSR count). The first-order valence-electron chi connectivity index (χ1n) is 6.72. The number of ether oxygens (including phenoxy) is 1. The number of methoxy groups -OCH3 is 1. The zero-order valence-electron chi connectivity index (χ0n) is 11.6. The lowest BCUT2D eigenvalue weighted by Crippen LogP contribution is -2.13. The summed E-state index contributed by atoms with van der Waals surface area (Å²) in [6, 6.07) is 12.7. The van der Waals surface area contributed by atoms with Crippen molar-refractivity contribution in [3.05, 3.63) is 54.1 Å². The highest BCUT2D eigenvalue weighted by molar-refractivity contribution is 5.84. The van der Waals surface area contributed by atoms with Crippen molar-refractivity contribution in [1.29, 1.82) is 0 Å². The van der Waals surface area contributed by atoms with Crippen molar-refractivity contribution >= 4 is 10.8 Å². The number of rotatable bonds is 6. The van der Waals surface area contributed by atoms with E-state index in [1.807, 2.05) is 6.07 Å². The fraction of sp³-hybridized carbons (Fsp3) is 0.294. The number of allylic oxidation sites excluding steroid dienone is 1. The Kier molecular flexibility index (Phi) is 4.99. The number of hydrogen-bond acceptors (Lipinski definition) is 2. The van der Waals surface area contributed by atoms with Gasteiger partial charge in [0.25, 0.3) is 0 Å². The van der Waals surface area contributed by atoms with Gasteiger partial charge >= 0.3 is 0 Å². The van der Waals surface area contributed by atoms with Crippen LogP contribution < -0.4 is 10.1 Å². The van der Waals surface area contributed by atoms with E-state index in [1.165, 1.54) is 16.3 Å². The monoisotopic (exact) mass is 255 g/mol. The quantitative estimate of drug-likeness (QED) is 0.624. The molecule has 0 atom stereocenters.